The van der Waals surface area contributed by atoms with Crippen molar-refractivity contribution in [2.45, 2.75) is 6.92 Å². The van der Waals surface area contributed by atoms with Crippen molar-refractivity contribution >= 4 is 22.9 Å². The highest BCUT2D eigenvalue weighted by Crippen LogP contribution is 2.38. The van der Waals surface area contributed by atoms with E-state index in [1.807, 2.05) is 54.3 Å². The standard InChI is InChI=1S/C15H13N3/c1-11-12(2)18(13-7-4-3-5-8-13)15-14(17-11)9-6-10-16-15/h3-10H,2H2,1H3. The number of hydrogen-bond acceptors (Lipinski definition) is 3. The molecule has 0 atom stereocenters. The van der Waals surface area contributed by atoms with Crippen molar-refractivity contribution in [3.63, 3.8) is 0 Å². The van der Waals surface area contributed by atoms with Crippen LogP contribution in [-0.4, -0.2) is 10.7 Å². The van der Waals surface area contributed by atoms with E-state index in [0.717, 1.165) is 28.6 Å². The summed E-state index contributed by atoms with van der Waals surface area (Å²) in [5.41, 5.74) is 3.72. The molecule has 0 radical (unpaired) electrons. The van der Waals surface area contributed by atoms with Gasteiger partial charge in [-0.15, -0.1) is 0 Å². The van der Waals surface area contributed by atoms with E-state index in [4.69, 9.17) is 0 Å². The highest BCUT2D eigenvalue weighted by molar-refractivity contribution is 6.07. The maximum absolute atomic E-state index is 4.52. The van der Waals surface area contributed by atoms with E-state index in [9.17, 15) is 0 Å². The molecule has 88 valence electrons. The molecule has 3 heteroatoms. The molecule has 0 fully saturated rings. The van der Waals surface area contributed by atoms with Gasteiger partial charge in [-0.25, -0.2) is 9.98 Å². The number of allylic oxidation sites excluding steroid dienone is 1. The number of hydrogen-bond donors (Lipinski definition) is 0. The minimum atomic E-state index is 0.833. The summed E-state index contributed by atoms with van der Waals surface area (Å²) >= 11 is 0. The lowest BCUT2D eigenvalue weighted by Gasteiger charge is -2.30. The molecule has 1 aromatic heterocycles. The molecule has 0 spiro atoms. The number of para-hydroxylation sites is 1. The fraction of sp³-hybridized carbons (Fsp3) is 0.0667. The van der Waals surface area contributed by atoms with Gasteiger partial charge < -0.3 is 0 Å². The van der Waals surface area contributed by atoms with Gasteiger partial charge in [0.25, 0.3) is 0 Å². The van der Waals surface area contributed by atoms with E-state index < -0.39 is 0 Å². The monoisotopic (exact) mass is 235 g/mol. The van der Waals surface area contributed by atoms with Gasteiger partial charge in [0.1, 0.15) is 5.69 Å². The number of aromatic nitrogens is 1. The first kappa shape index (κ1) is 10.7. The predicted octanol–water partition coefficient (Wildman–Crippen LogP) is 3.84. The first-order valence-electron chi connectivity index (χ1n) is 5.82. The fourth-order valence-electron chi connectivity index (χ4n) is 2.04. The predicted molar refractivity (Wildman–Crippen MR) is 74.7 cm³/mol. The number of anilines is 2. The lowest BCUT2D eigenvalue weighted by atomic mass is 10.1. The average molecular weight is 235 g/mol. The molecule has 3 nitrogen and oxygen atoms in total. The van der Waals surface area contributed by atoms with E-state index in [2.05, 4.69) is 16.6 Å². The van der Waals surface area contributed by atoms with Crippen molar-refractivity contribution in [1.82, 2.24) is 4.98 Å². The SMILES string of the molecule is C=C1C(C)=Nc2cccnc2N1c1ccccc1. The highest BCUT2D eigenvalue weighted by atomic mass is 15.2. The molecule has 1 aliphatic heterocycles. The van der Waals surface area contributed by atoms with Gasteiger partial charge in [-0.3, -0.25) is 4.90 Å². The Morgan fingerprint density at radius 2 is 1.83 bits per heavy atom. The minimum absolute atomic E-state index is 0.833. The second kappa shape index (κ2) is 4.11. The van der Waals surface area contributed by atoms with Crippen LogP contribution in [-0.2, 0) is 0 Å². The van der Waals surface area contributed by atoms with Crippen LogP contribution in [0.4, 0.5) is 17.2 Å². The van der Waals surface area contributed by atoms with Gasteiger partial charge in [-0.1, -0.05) is 24.8 Å². The number of nitrogens with zero attached hydrogens (tertiary/aromatic N) is 3. The molecule has 2 aromatic rings. The largest absolute Gasteiger partial charge is 0.292 e. The molecule has 0 saturated heterocycles. The quantitative estimate of drug-likeness (QED) is 0.751. The molecule has 0 amide bonds. The smallest absolute Gasteiger partial charge is 0.163 e. The van der Waals surface area contributed by atoms with Gasteiger partial charge in [-0.2, -0.15) is 0 Å². The molecular formula is C15H13N3. The van der Waals surface area contributed by atoms with Crippen LogP contribution in [0.15, 0.2) is 65.9 Å². The molecule has 0 bridgehead atoms. The van der Waals surface area contributed by atoms with Crippen LogP contribution >= 0.6 is 0 Å². The van der Waals surface area contributed by atoms with Crippen LogP contribution in [0, 0.1) is 0 Å². The Kier molecular flexibility index (Phi) is 2.45. The Morgan fingerprint density at radius 1 is 1.06 bits per heavy atom. The van der Waals surface area contributed by atoms with Crippen LogP contribution in [0.3, 0.4) is 0 Å². The normalized spacial score (nSPS) is 14.2. The Morgan fingerprint density at radius 3 is 2.61 bits per heavy atom. The summed E-state index contributed by atoms with van der Waals surface area (Å²) in [6.45, 7) is 6.07. The molecule has 2 heterocycles. The van der Waals surface area contributed by atoms with Crippen LogP contribution in [0.25, 0.3) is 0 Å². The van der Waals surface area contributed by atoms with Gasteiger partial charge in [0, 0.05) is 11.9 Å². The zero-order valence-corrected chi connectivity index (χ0v) is 10.2. The molecule has 0 N–H and O–H groups in total. The number of pyridine rings is 1. The van der Waals surface area contributed by atoms with E-state index >= 15 is 0 Å². The maximum atomic E-state index is 4.52. The summed E-state index contributed by atoms with van der Waals surface area (Å²) in [5.74, 6) is 0.833. The summed E-state index contributed by atoms with van der Waals surface area (Å²) in [5, 5.41) is 0. The molecule has 0 aliphatic carbocycles. The van der Waals surface area contributed by atoms with Crippen molar-refractivity contribution in [1.29, 1.82) is 0 Å². The summed E-state index contributed by atoms with van der Waals surface area (Å²) < 4.78 is 0. The van der Waals surface area contributed by atoms with Crippen LogP contribution in [0.2, 0.25) is 0 Å². The topological polar surface area (TPSA) is 28.5 Å². The Balaban J connectivity index is 2.20. The van der Waals surface area contributed by atoms with Crippen LogP contribution < -0.4 is 4.90 Å². The average Bonchev–Trinajstić information content (AvgIpc) is 2.41. The highest BCUT2D eigenvalue weighted by Gasteiger charge is 2.23. The van der Waals surface area contributed by atoms with Crippen molar-refractivity contribution < 1.29 is 0 Å². The third-order valence-corrected chi connectivity index (χ3v) is 2.97. The molecular weight excluding hydrogens is 222 g/mol. The van der Waals surface area contributed by atoms with Crippen molar-refractivity contribution in [2.24, 2.45) is 4.99 Å². The fourth-order valence-corrected chi connectivity index (χ4v) is 2.04. The number of fused-ring (bicyclic) bond motifs is 1. The third kappa shape index (κ3) is 1.61. The Labute approximate surface area is 106 Å². The maximum Gasteiger partial charge on any atom is 0.163 e. The molecule has 3 rings (SSSR count). The number of rotatable bonds is 1. The first-order valence-corrected chi connectivity index (χ1v) is 5.82. The van der Waals surface area contributed by atoms with E-state index in [1.165, 1.54) is 0 Å². The first-order chi connectivity index (χ1) is 8.77. The van der Waals surface area contributed by atoms with Crippen molar-refractivity contribution in [3.05, 3.63) is 60.9 Å². The van der Waals surface area contributed by atoms with Gasteiger partial charge in [-0.05, 0) is 31.2 Å². The van der Waals surface area contributed by atoms with Crippen molar-refractivity contribution in [2.75, 3.05) is 4.90 Å². The third-order valence-electron chi connectivity index (χ3n) is 2.97. The summed E-state index contributed by atoms with van der Waals surface area (Å²) in [7, 11) is 0. The summed E-state index contributed by atoms with van der Waals surface area (Å²) in [6.07, 6.45) is 1.78. The summed E-state index contributed by atoms with van der Waals surface area (Å²) in [4.78, 5) is 11.0. The zero-order chi connectivity index (χ0) is 12.5. The second-order valence-corrected chi connectivity index (χ2v) is 4.16. The molecule has 0 unspecified atom stereocenters. The van der Waals surface area contributed by atoms with Gasteiger partial charge >= 0.3 is 0 Å². The molecule has 1 aliphatic rings. The van der Waals surface area contributed by atoms with Gasteiger partial charge in [0.05, 0.1) is 11.4 Å². The minimum Gasteiger partial charge on any atom is -0.292 e. The second-order valence-electron chi connectivity index (χ2n) is 4.16. The molecule has 18 heavy (non-hydrogen) atoms. The summed E-state index contributed by atoms with van der Waals surface area (Å²) in [6, 6.07) is 14.0. The molecule has 1 aromatic carbocycles. The Bertz CT molecular complexity index is 629. The number of aliphatic imine (C=N–C) groups is 1. The zero-order valence-electron chi connectivity index (χ0n) is 10.2. The molecule has 0 saturated carbocycles. The van der Waals surface area contributed by atoms with E-state index in [0.29, 0.717) is 0 Å². The Hall–Kier alpha value is -2.42. The van der Waals surface area contributed by atoms with Crippen LogP contribution in [0.5, 0.6) is 0 Å². The van der Waals surface area contributed by atoms with Crippen molar-refractivity contribution in [3.8, 4) is 0 Å². The van der Waals surface area contributed by atoms with Gasteiger partial charge in [0.15, 0.2) is 5.82 Å². The van der Waals surface area contributed by atoms with Gasteiger partial charge in [0.2, 0.25) is 0 Å². The van der Waals surface area contributed by atoms with Crippen LogP contribution in [0.1, 0.15) is 6.92 Å². The lowest BCUT2D eigenvalue weighted by molar-refractivity contribution is 1.12. The lowest BCUT2D eigenvalue weighted by Crippen LogP contribution is -2.24. The number of benzene rings is 1. The van der Waals surface area contributed by atoms with E-state index in [-0.39, 0.29) is 0 Å². The van der Waals surface area contributed by atoms with E-state index in [1.54, 1.807) is 6.20 Å².